The molecule has 1 aromatic rings. The minimum absolute atomic E-state index is 0.0164. The van der Waals surface area contributed by atoms with Crippen molar-refractivity contribution in [1.82, 2.24) is 19.0 Å². The molecule has 124 valence electrons. The molecule has 8 heteroatoms. The summed E-state index contributed by atoms with van der Waals surface area (Å²) >= 11 is 0. The van der Waals surface area contributed by atoms with Crippen molar-refractivity contribution in [1.29, 1.82) is 0 Å². The Hall–Kier alpha value is -0.960. The second kappa shape index (κ2) is 6.27. The first-order valence-electron chi connectivity index (χ1n) is 7.71. The molecule has 2 aliphatic heterocycles. The van der Waals surface area contributed by atoms with Gasteiger partial charge >= 0.3 is 0 Å². The van der Waals surface area contributed by atoms with Gasteiger partial charge < -0.3 is 4.74 Å². The van der Waals surface area contributed by atoms with Crippen LogP contribution in [0.5, 0.6) is 0 Å². The topological polar surface area (TPSA) is 67.7 Å². The fraction of sp³-hybridized carbons (Fsp3) is 0.786. The Morgan fingerprint density at radius 3 is 2.64 bits per heavy atom. The number of aryl methyl sites for hydroxylation is 1. The quantitative estimate of drug-likeness (QED) is 0.759. The van der Waals surface area contributed by atoms with Gasteiger partial charge in [0.2, 0.25) is 10.0 Å². The lowest BCUT2D eigenvalue weighted by Crippen LogP contribution is -2.51. The molecule has 2 fully saturated rings. The number of hydrogen-bond acceptors (Lipinski definition) is 5. The molecule has 1 aromatic heterocycles. The van der Waals surface area contributed by atoms with E-state index in [0.717, 1.165) is 38.3 Å². The van der Waals surface area contributed by atoms with Crippen LogP contribution in [-0.2, 0) is 28.2 Å². The summed E-state index contributed by atoms with van der Waals surface area (Å²) in [5.41, 5.74) is 1.08. The predicted molar refractivity (Wildman–Crippen MR) is 83.0 cm³/mol. The largest absolute Gasteiger partial charge is 0.379 e. The highest BCUT2D eigenvalue weighted by atomic mass is 32.2. The molecular formula is C14H24N4O3S. The molecular weight excluding hydrogens is 304 g/mol. The molecule has 0 radical (unpaired) electrons. The number of ether oxygens (including phenoxy) is 1. The Balaban J connectivity index is 1.82. The third kappa shape index (κ3) is 3.34. The first kappa shape index (κ1) is 15.9. The Bertz CT molecular complexity index is 609. The van der Waals surface area contributed by atoms with E-state index >= 15 is 0 Å². The highest BCUT2D eigenvalue weighted by molar-refractivity contribution is 7.88. The van der Waals surface area contributed by atoms with E-state index in [0.29, 0.717) is 13.0 Å². The first-order chi connectivity index (χ1) is 10.4. The fourth-order valence-corrected chi connectivity index (χ4v) is 4.76. The molecule has 0 aliphatic carbocycles. The number of sulfonamides is 1. The van der Waals surface area contributed by atoms with E-state index < -0.39 is 10.0 Å². The molecule has 0 saturated carbocycles. The van der Waals surface area contributed by atoms with Gasteiger partial charge in [0.05, 0.1) is 25.7 Å². The van der Waals surface area contributed by atoms with E-state index in [9.17, 15) is 8.42 Å². The van der Waals surface area contributed by atoms with Gasteiger partial charge in [0, 0.05) is 45.0 Å². The van der Waals surface area contributed by atoms with Crippen LogP contribution in [0.1, 0.15) is 12.0 Å². The van der Waals surface area contributed by atoms with Crippen LogP contribution in [0.15, 0.2) is 12.4 Å². The van der Waals surface area contributed by atoms with Gasteiger partial charge in [0.15, 0.2) is 0 Å². The lowest BCUT2D eigenvalue weighted by Gasteiger charge is -2.36. The standard InChI is InChI=1S/C14H24N4O3S/c1-16-11-12(10-15-16)9-14-13(17-5-7-21-8-6-17)3-4-18(14)22(2,19)20/h10-11,13-14H,3-9H2,1-2H3/t13-,14+/m0/s1. The van der Waals surface area contributed by atoms with Crippen molar-refractivity contribution in [3.63, 3.8) is 0 Å². The number of rotatable bonds is 4. The maximum absolute atomic E-state index is 12.1. The van der Waals surface area contributed by atoms with Gasteiger partial charge in [0.1, 0.15) is 0 Å². The van der Waals surface area contributed by atoms with Crippen LogP contribution in [0.2, 0.25) is 0 Å². The van der Waals surface area contributed by atoms with Crippen molar-refractivity contribution in [2.75, 3.05) is 39.1 Å². The molecule has 0 amide bonds. The average molecular weight is 328 g/mol. The van der Waals surface area contributed by atoms with E-state index in [2.05, 4.69) is 10.00 Å². The average Bonchev–Trinajstić information content (AvgIpc) is 3.06. The second-order valence-corrected chi connectivity index (χ2v) is 8.11. The Labute approximate surface area is 131 Å². The van der Waals surface area contributed by atoms with E-state index in [4.69, 9.17) is 4.74 Å². The summed E-state index contributed by atoms with van der Waals surface area (Å²) in [4.78, 5) is 2.38. The molecule has 3 rings (SSSR count). The lowest BCUT2D eigenvalue weighted by molar-refractivity contribution is 0.0116. The van der Waals surface area contributed by atoms with Crippen molar-refractivity contribution in [3.8, 4) is 0 Å². The van der Waals surface area contributed by atoms with Crippen LogP contribution in [-0.4, -0.2) is 78.6 Å². The molecule has 2 aliphatic rings. The predicted octanol–water partition coefficient (Wildman–Crippen LogP) is -0.303. The van der Waals surface area contributed by atoms with Gasteiger partial charge in [-0.05, 0) is 18.4 Å². The van der Waals surface area contributed by atoms with Gasteiger partial charge in [-0.1, -0.05) is 0 Å². The number of hydrogen-bond donors (Lipinski definition) is 0. The fourth-order valence-electron chi connectivity index (χ4n) is 3.61. The number of aromatic nitrogens is 2. The smallest absolute Gasteiger partial charge is 0.211 e. The van der Waals surface area contributed by atoms with Crippen LogP contribution >= 0.6 is 0 Å². The molecule has 0 bridgehead atoms. The molecule has 0 aromatic carbocycles. The van der Waals surface area contributed by atoms with Crippen molar-refractivity contribution < 1.29 is 13.2 Å². The Morgan fingerprint density at radius 2 is 2.05 bits per heavy atom. The van der Waals surface area contributed by atoms with E-state index in [1.807, 2.05) is 19.4 Å². The Morgan fingerprint density at radius 1 is 1.32 bits per heavy atom. The van der Waals surface area contributed by atoms with Gasteiger partial charge in [-0.25, -0.2) is 8.42 Å². The van der Waals surface area contributed by atoms with E-state index in [1.165, 1.54) is 6.26 Å². The van der Waals surface area contributed by atoms with Crippen LogP contribution in [0, 0.1) is 0 Å². The molecule has 3 heterocycles. The maximum Gasteiger partial charge on any atom is 0.211 e. The summed E-state index contributed by atoms with van der Waals surface area (Å²) < 4.78 is 33.1. The minimum atomic E-state index is -3.19. The summed E-state index contributed by atoms with van der Waals surface area (Å²) in [7, 11) is -1.31. The molecule has 22 heavy (non-hydrogen) atoms. The van der Waals surface area contributed by atoms with Crippen LogP contribution in [0.3, 0.4) is 0 Å². The number of morpholine rings is 1. The summed E-state index contributed by atoms with van der Waals surface area (Å²) in [6.07, 6.45) is 6.70. The molecule has 7 nitrogen and oxygen atoms in total. The van der Waals surface area contributed by atoms with Gasteiger partial charge in [-0.2, -0.15) is 9.40 Å². The zero-order valence-electron chi connectivity index (χ0n) is 13.2. The van der Waals surface area contributed by atoms with E-state index in [1.54, 1.807) is 8.99 Å². The third-order valence-electron chi connectivity index (χ3n) is 4.60. The highest BCUT2D eigenvalue weighted by Gasteiger charge is 2.42. The summed E-state index contributed by atoms with van der Waals surface area (Å²) in [6, 6.07) is 0.246. The molecule has 2 saturated heterocycles. The van der Waals surface area contributed by atoms with Crippen molar-refractivity contribution in [2.45, 2.75) is 24.9 Å². The zero-order valence-corrected chi connectivity index (χ0v) is 14.0. The number of nitrogens with zero attached hydrogens (tertiary/aromatic N) is 4. The van der Waals surface area contributed by atoms with E-state index in [-0.39, 0.29) is 12.1 Å². The van der Waals surface area contributed by atoms with Gasteiger partial charge in [-0.15, -0.1) is 0 Å². The molecule has 2 atom stereocenters. The monoisotopic (exact) mass is 328 g/mol. The normalized spacial score (nSPS) is 28.3. The summed E-state index contributed by atoms with van der Waals surface area (Å²) in [6.45, 7) is 3.83. The zero-order chi connectivity index (χ0) is 15.7. The Kier molecular flexibility index (Phi) is 4.54. The van der Waals surface area contributed by atoms with Crippen molar-refractivity contribution in [2.24, 2.45) is 7.05 Å². The molecule has 0 N–H and O–H groups in total. The SMILES string of the molecule is Cn1cc(C[C@@H]2[C@@H](N3CCOCC3)CCN2S(C)(=O)=O)cn1. The maximum atomic E-state index is 12.1. The van der Waals surface area contributed by atoms with Crippen LogP contribution < -0.4 is 0 Å². The lowest BCUT2D eigenvalue weighted by atomic mass is 10.0. The van der Waals surface area contributed by atoms with Crippen molar-refractivity contribution in [3.05, 3.63) is 18.0 Å². The third-order valence-corrected chi connectivity index (χ3v) is 5.91. The summed E-state index contributed by atoms with van der Waals surface area (Å²) in [5, 5.41) is 4.20. The van der Waals surface area contributed by atoms with Gasteiger partial charge in [-0.3, -0.25) is 9.58 Å². The second-order valence-electron chi connectivity index (χ2n) is 6.17. The first-order valence-corrected chi connectivity index (χ1v) is 9.56. The highest BCUT2D eigenvalue weighted by Crippen LogP contribution is 2.28. The van der Waals surface area contributed by atoms with Gasteiger partial charge in [0.25, 0.3) is 0 Å². The summed E-state index contributed by atoms with van der Waals surface area (Å²) in [5.74, 6) is 0. The minimum Gasteiger partial charge on any atom is -0.379 e. The molecule has 0 unspecified atom stereocenters. The van der Waals surface area contributed by atoms with Crippen molar-refractivity contribution >= 4 is 10.0 Å². The van der Waals surface area contributed by atoms with Crippen LogP contribution in [0.25, 0.3) is 0 Å². The molecule has 0 spiro atoms. The van der Waals surface area contributed by atoms with Crippen LogP contribution in [0.4, 0.5) is 0 Å².